The highest BCUT2D eigenvalue weighted by Gasteiger charge is 2.21. The molecule has 1 fully saturated rings. The molecule has 1 saturated carbocycles. The van der Waals surface area contributed by atoms with Gasteiger partial charge in [-0.15, -0.1) is 0 Å². The molecular weight excluding hydrogens is 246 g/mol. The van der Waals surface area contributed by atoms with Crippen molar-refractivity contribution in [1.29, 1.82) is 0 Å². The van der Waals surface area contributed by atoms with Crippen LogP contribution in [-0.4, -0.2) is 23.4 Å². The average molecular weight is 263 g/mol. The van der Waals surface area contributed by atoms with Crippen LogP contribution in [-0.2, 0) is 11.2 Å². The molecule has 1 amide bonds. The summed E-state index contributed by atoms with van der Waals surface area (Å²) in [7, 11) is 0. The van der Waals surface area contributed by atoms with Crippen molar-refractivity contribution in [3.05, 3.63) is 33.9 Å². The zero-order valence-corrected chi connectivity index (χ0v) is 10.8. The number of hydrogen-bond acceptors (Lipinski definition) is 4. The summed E-state index contributed by atoms with van der Waals surface area (Å²) in [6.07, 6.45) is 2.82. The molecule has 0 spiro atoms. The van der Waals surface area contributed by atoms with Gasteiger partial charge in [-0.25, -0.2) is 0 Å². The minimum Gasteiger partial charge on any atom is -0.325 e. The molecule has 0 aromatic heterocycles. The Bertz CT molecular complexity index is 498. The molecule has 102 valence electrons. The number of nitro benzene ring substituents is 1. The van der Waals surface area contributed by atoms with E-state index >= 15 is 0 Å². The highest BCUT2D eigenvalue weighted by molar-refractivity contribution is 5.92. The van der Waals surface area contributed by atoms with Gasteiger partial charge in [-0.3, -0.25) is 14.9 Å². The SMILES string of the molecule is CCc1ccc(NC(=O)CNC2CC2)cc1[N+](=O)[O-]. The van der Waals surface area contributed by atoms with E-state index < -0.39 is 4.92 Å². The fourth-order valence-corrected chi connectivity index (χ4v) is 1.84. The lowest BCUT2D eigenvalue weighted by Gasteiger charge is -2.07. The fourth-order valence-electron chi connectivity index (χ4n) is 1.84. The molecule has 1 aromatic rings. The van der Waals surface area contributed by atoms with Gasteiger partial charge < -0.3 is 10.6 Å². The Balaban J connectivity index is 2.00. The Labute approximate surface area is 111 Å². The van der Waals surface area contributed by atoms with Crippen LogP contribution in [0.15, 0.2) is 18.2 Å². The van der Waals surface area contributed by atoms with Crippen LogP contribution in [0.4, 0.5) is 11.4 Å². The summed E-state index contributed by atoms with van der Waals surface area (Å²) in [5.74, 6) is -0.176. The number of anilines is 1. The van der Waals surface area contributed by atoms with E-state index in [1.807, 2.05) is 6.92 Å². The number of benzene rings is 1. The van der Waals surface area contributed by atoms with E-state index in [-0.39, 0.29) is 18.1 Å². The normalized spacial score (nSPS) is 14.2. The van der Waals surface area contributed by atoms with Crippen LogP contribution in [0.1, 0.15) is 25.3 Å². The molecule has 19 heavy (non-hydrogen) atoms. The molecule has 1 aromatic carbocycles. The van der Waals surface area contributed by atoms with E-state index in [0.717, 1.165) is 12.8 Å². The molecule has 0 aliphatic heterocycles. The second-order valence-corrected chi connectivity index (χ2v) is 4.66. The maximum absolute atomic E-state index is 11.6. The molecule has 1 aliphatic rings. The lowest BCUT2D eigenvalue weighted by Crippen LogP contribution is -2.29. The van der Waals surface area contributed by atoms with Gasteiger partial charge in [0.2, 0.25) is 5.91 Å². The summed E-state index contributed by atoms with van der Waals surface area (Å²) in [5, 5.41) is 16.7. The van der Waals surface area contributed by atoms with Crippen LogP contribution >= 0.6 is 0 Å². The van der Waals surface area contributed by atoms with Crippen molar-refractivity contribution in [1.82, 2.24) is 5.32 Å². The third kappa shape index (κ3) is 3.75. The van der Waals surface area contributed by atoms with E-state index in [1.54, 1.807) is 12.1 Å². The number of rotatable bonds is 6. The van der Waals surface area contributed by atoms with Gasteiger partial charge in [0, 0.05) is 23.4 Å². The van der Waals surface area contributed by atoms with Crippen LogP contribution in [0.2, 0.25) is 0 Å². The lowest BCUT2D eigenvalue weighted by molar-refractivity contribution is -0.385. The average Bonchev–Trinajstić information content (AvgIpc) is 3.20. The van der Waals surface area contributed by atoms with Crippen molar-refractivity contribution in [2.45, 2.75) is 32.2 Å². The standard InChI is InChI=1S/C13H17N3O3/c1-2-9-3-4-11(7-12(9)16(18)19)15-13(17)8-14-10-5-6-10/h3-4,7,10,14H,2,5-6,8H2,1H3,(H,15,17). The Morgan fingerprint density at radius 2 is 2.21 bits per heavy atom. The first-order valence-corrected chi connectivity index (χ1v) is 6.40. The first kappa shape index (κ1) is 13.5. The van der Waals surface area contributed by atoms with E-state index in [4.69, 9.17) is 0 Å². The lowest BCUT2D eigenvalue weighted by atomic mass is 10.1. The number of carbonyl (C=O) groups excluding carboxylic acids is 1. The Hall–Kier alpha value is -1.95. The number of nitro groups is 1. The molecule has 0 atom stereocenters. The van der Waals surface area contributed by atoms with Crippen molar-refractivity contribution < 1.29 is 9.72 Å². The molecule has 0 saturated heterocycles. The van der Waals surface area contributed by atoms with Crippen LogP contribution < -0.4 is 10.6 Å². The monoisotopic (exact) mass is 263 g/mol. The fraction of sp³-hybridized carbons (Fsp3) is 0.462. The Kier molecular flexibility index (Phi) is 4.11. The molecule has 0 radical (unpaired) electrons. The highest BCUT2D eigenvalue weighted by Crippen LogP contribution is 2.23. The minimum atomic E-state index is -0.420. The van der Waals surface area contributed by atoms with E-state index in [9.17, 15) is 14.9 Å². The third-order valence-electron chi connectivity index (χ3n) is 3.08. The van der Waals surface area contributed by atoms with Gasteiger partial charge in [0.15, 0.2) is 0 Å². The smallest absolute Gasteiger partial charge is 0.274 e. The van der Waals surface area contributed by atoms with Crippen LogP contribution in [0.25, 0.3) is 0 Å². The summed E-state index contributed by atoms with van der Waals surface area (Å²) in [4.78, 5) is 22.1. The van der Waals surface area contributed by atoms with E-state index in [1.165, 1.54) is 6.07 Å². The quantitative estimate of drug-likeness (QED) is 0.606. The van der Waals surface area contributed by atoms with Gasteiger partial charge in [-0.1, -0.05) is 13.0 Å². The van der Waals surface area contributed by atoms with Crippen molar-refractivity contribution >= 4 is 17.3 Å². The summed E-state index contributed by atoms with van der Waals surface area (Å²) < 4.78 is 0. The Morgan fingerprint density at radius 3 is 2.79 bits per heavy atom. The van der Waals surface area contributed by atoms with Crippen molar-refractivity contribution in [2.75, 3.05) is 11.9 Å². The zero-order chi connectivity index (χ0) is 13.8. The van der Waals surface area contributed by atoms with E-state index in [0.29, 0.717) is 23.7 Å². The van der Waals surface area contributed by atoms with Crippen LogP contribution in [0.3, 0.4) is 0 Å². The van der Waals surface area contributed by atoms with Crippen LogP contribution in [0.5, 0.6) is 0 Å². The summed E-state index contributed by atoms with van der Waals surface area (Å²) in [5.41, 5.74) is 1.18. The van der Waals surface area contributed by atoms with Gasteiger partial charge in [-0.05, 0) is 25.3 Å². The third-order valence-corrected chi connectivity index (χ3v) is 3.08. The number of aryl methyl sites for hydroxylation is 1. The van der Waals surface area contributed by atoms with Crippen molar-refractivity contribution in [3.8, 4) is 0 Å². The molecule has 2 rings (SSSR count). The van der Waals surface area contributed by atoms with Gasteiger partial charge in [-0.2, -0.15) is 0 Å². The summed E-state index contributed by atoms with van der Waals surface area (Å²) in [6.45, 7) is 2.11. The van der Waals surface area contributed by atoms with Gasteiger partial charge in [0.1, 0.15) is 0 Å². The number of nitrogens with one attached hydrogen (secondary N) is 2. The van der Waals surface area contributed by atoms with E-state index in [2.05, 4.69) is 10.6 Å². The predicted octanol–water partition coefficient (Wildman–Crippen LogP) is 1.85. The second-order valence-electron chi connectivity index (χ2n) is 4.66. The molecular formula is C13H17N3O3. The number of carbonyl (C=O) groups is 1. The van der Waals surface area contributed by atoms with Crippen LogP contribution in [0, 0.1) is 10.1 Å². The molecule has 0 bridgehead atoms. The Morgan fingerprint density at radius 1 is 1.47 bits per heavy atom. The molecule has 6 heteroatoms. The molecule has 0 unspecified atom stereocenters. The first-order chi connectivity index (χ1) is 9.10. The highest BCUT2D eigenvalue weighted by atomic mass is 16.6. The molecule has 6 nitrogen and oxygen atoms in total. The number of amides is 1. The number of hydrogen-bond donors (Lipinski definition) is 2. The predicted molar refractivity (Wildman–Crippen MR) is 72.1 cm³/mol. The molecule has 0 heterocycles. The van der Waals surface area contributed by atoms with Gasteiger partial charge in [0.05, 0.1) is 11.5 Å². The zero-order valence-electron chi connectivity index (χ0n) is 10.8. The van der Waals surface area contributed by atoms with Crippen molar-refractivity contribution in [2.24, 2.45) is 0 Å². The summed E-state index contributed by atoms with van der Waals surface area (Å²) in [6, 6.07) is 5.25. The van der Waals surface area contributed by atoms with Crippen molar-refractivity contribution in [3.63, 3.8) is 0 Å². The molecule has 1 aliphatic carbocycles. The topological polar surface area (TPSA) is 84.3 Å². The number of nitrogens with zero attached hydrogens (tertiary/aromatic N) is 1. The molecule has 2 N–H and O–H groups in total. The maximum atomic E-state index is 11.6. The van der Waals surface area contributed by atoms with Gasteiger partial charge >= 0.3 is 0 Å². The second kappa shape index (κ2) is 5.79. The largest absolute Gasteiger partial charge is 0.325 e. The first-order valence-electron chi connectivity index (χ1n) is 6.40. The summed E-state index contributed by atoms with van der Waals surface area (Å²) >= 11 is 0. The van der Waals surface area contributed by atoms with Gasteiger partial charge in [0.25, 0.3) is 5.69 Å². The maximum Gasteiger partial charge on any atom is 0.274 e. The minimum absolute atomic E-state index is 0.0513.